The minimum Gasteiger partial charge on any atom is -0.484 e. The smallest absolute Gasteiger partial charge is 0.141 e. The Bertz CT molecular complexity index is 465. The van der Waals surface area contributed by atoms with Crippen LogP contribution >= 0.6 is 11.6 Å². The number of hydrogen-bond acceptors (Lipinski definition) is 3. The second-order valence-corrected chi connectivity index (χ2v) is 6.09. The zero-order valence-corrected chi connectivity index (χ0v) is 12.0. The summed E-state index contributed by atoms with van der Waals surface area (Å²) >= 11 is 6.27. The molecule has 2 N–H and O–H groups in total. The fourth-order valence-corrected chi connectivity index (χ4v) is 3.45. The Balaban J connectivity index is 1.73. The van der Waals surface area contributed by atoms with Crippen molar-refractivity contribution in [2.75, 3.05) is 26.2 Å². The molecule has 1 aromatic carbocycles. The zero-order chi connectivity index (χ0) is 13.3. The molecule has 3 nitrogen and oxygen atoms in total. The Labute approximate surface area is 119 Å². The van der Waals surface area contributed by atoms with Gasteiger partial charge in [-0.05, 0) is 44.0 Å². The van der Waals surface area contributed by atoms with Crippen LogP contribution in [0.5, 0.6) is 5.75 Å². The van der Waals surface area contributed by atoms with Crippen LogP contribution in [0.3, 0.4) is 0 Å². The third-order valence-corrected chi connectivity index (χ3v) is 4.59. The predicted octanol–water partition coefficient (Wildman–Crippen LogP) is 2.46. The minimum absolute atomic E-state index is 0.0212. The Morgan fingerprint density at radius 3 is 3.11 bits per heavy atom. The van der Waals surface area contributed by atoms with Gasteiger partial charge in [-0.1, -0.05) is 23.7 Å². The van der Waals surface area contributed by atoms with Gasteiger partial charge in [-0.2, -0.15) is 0 Å². The molecule has 3 rings (SSSR count). The van der Waals surface area contributed by atoms with Gasteiger partial charge < -0.3 is 10.5 Å². The number of rotatable bonds is 3. The maximum atomic E-state index is 6.32. The average molecular weight is 281 g/mol. The highest BCUT2D eigenvalue weighted by atomic mass is 35.5. The lowest BCUT2D eigenvalue weighted by Gasteiger charge is -2.36. The van der Waals surface area contributed by atoms with E-state index in [2.05, 4.69) is 11.0 Å². The van der Waals surface area contributed by atoms with Gasteiger partial charge in [-0.15, -0.1) is 0 Å². The largest absolute Gasteiger partial charge is 0.484 e. The molecule has 0 radical (unpaired) electrons. The number of para-hydroxylation sites is 1. The normalized spacial score (nSPS) is 26.4. The molecule has 0 bridgehead atoms. The van der Waals surface area contributed by atoms with Gasteiger partial charge in [0.25, 0.3) is 0 Å². The van der Waals surface area contributed by atoms with Crippen LogP contribution < -0.4 is 10.5 Å². The molecule has 0 aliphatic carbocycles. The molecule has 2 aliphatic rings. The lowest BCUT2D eigenvalue weighted by Crippen LogP contribution is -2.42. The van der Waals surface area contributed by atoms with Crippen LogP contribution in [0.25, 0.3) is 0 Å². The number of aryl methyl sites for hydroxylation is 1. The Hall–Kier alpha value is -0.770. The van der Waals surface area contributed by atoms with Gasteiger partial charge in [0, 0.05) is 19.5 Å². The summed E-state index contributed by atoms with van der Waals surface area (Å²) in [5, 5.41) is 0.747. The quantitative estimate of drug-likeness (QED) is 0.924. The third kappa shape index (κ3) is 2.60. The molecule has 4 heteroatoms. The first kappa shape index (κ1) is 13.2. The van der Waals surface area contributed by atoms with E-state index in [0.717, 1.165) is 62.6 Å². The molecule has 1 fully saturated rings. The SMILES string of the molecule is NCCCN1CCC2(CCc3cccc(Cl)c3O2)C1. The Morgan fingerprint density at radius 2 is 2.26 bits per heavy atom. The van der Waals surface area contributed by atoms with Crippen molar-refractivity contribution in [3.63, 3.8) is 0 Å². The van der Waals surface area contributed by atoms with E-state index in [1.54, 1.807) is 0 Å². The summed E-state index contributed by atoms with van der Waals surface area (Å²) in [5.41, 5.74) is 6.81. The summed E-state index contributed by atoms with van der Waals surface area (Å²) in [7, 11) is 0. The van der Waals surface area contributed by atoms with Crippen molar-refractivity contribution in [1.29, 1.82) is 0 Å². The molecule has 2 heterocycles. The fourth-order valence-electron chi connectivity index (χ4n) is 3.22. The maximum absolute atomic E-state index is 6.32. The second-order valence-electron chi connectivity index (χ2n) is 5.68. The lowest BCUT2D eigenvalue weighted by molar-refractivity contribution is 0.0546. The summed E-state index contributed by atoms with van der Waals surface area (Å²) < 4.78 is 6.32. The van der Waals surface area contributed by atoms with Gasteiger partial charge >= 0.3 is 0 Å². The molecule has 0 saturated carbocycles. The number of fused-ring (bicyclic) bond motifs is 1. The molecule has 104 valence electrons. The lowest BCUT2D eigenvalue weighted by atomic mass is 9.90. The molecular weight excluding hydrogens is 260 g/mol. The van der Waals surface area contributed by atoms with E-state index in [9.17, 15) is 0 Å². The van der Waals surface area contributed by atoms with Crippen LogP contribution in [0.2, 0.25) is 5.02 Å². The minimum atomic E-state index is -0.0212. The molecule has 19 heavy (non-hydrogen) atoms. The van der Waals surface area contributed by atoms with E-state index >= 15 is 0 Å². The molecular formula is C15H21ClN2O. The number of nitrogens with zero attached hydrogens (tertiary/aromatic N) is 1. The van der Waals surface area contributed by atoms with Crippen molar-refractivity contribution in [2.45, 2.75) is 31.3 Å². The number of benzene rings is 1. The number of nitrogens with two attached hydrogens (primary N) is 1. The third-order valence-electron chi connectivity index (χ3n) is 4.29. The number of hydrogen-bond donors (Lipinski definition) is 1. The van der Waals surface area contributed by atoms with E-state index in [4.69, 9.17) is 22.1 Å². The Kier molecular flexibility index (Phi) is 3.70. The van der Waals surface area contributed by atoms with Gasteiger partial charge in [0.05, 0.1) is 5.02 Å². The maximum Gasteiger partial charge on any atom is 0.141 e. The average Bonchev–Trinajstić information content (AvgIpc) is 2.81. The summed E-state index contributed by atoms with van der Waals surface area (Å²) in [5.74, 6) is 0.913. The van der Waals surface area contributed by atoms with Crippen LogP contribution in [0.15, 0.2) is 18.2 Å². The highest BCUT2D eigenvalue weighted by molar-refractivity contribution is 6.32. The monoisotopic (exact) mass is 280 g/mol. The van der Waals surface area contributed by atoms with E-state index in [-0.39, 0.29) is 5.60 Å². The first-order valence-corrected chi connectivity index (χ1v) is 7.49. The van der Waals surface area contributed by atoms with Crippen LogP contribution in [0, 0.1) is 0 Å². The van der Waals surface area contributed by atoms with Crippen LogP contribution in [0.4, 0.5) is 0 Å². The van der Waals surface area contributed by atoms with Crippen molar-refractivity contribution < 1.29 is 4.74 Å². The van der Waals surface area contributed by atoms with E-state index in [1.807, 2.05) is 12.1 Å². The number of halogens is 1. The van der Waals surface area contributed by atoms with Crippen molar-refractivity contribution in [2.24, 2.45) is 5.73 Å². The highest BCUT2D eigenvalue weighted by Gasteiger charge is 2.42. The molecule has 1 spiro atoms. The van der Waals surface area contributed by atoms with E-state index in [0.29, 0.717) is 0 Å². The molecule has 0 aromatic heterocycles. The molecule has 2 aliphatic heterocycles. The molecule has 1 saturated heterocycles. The number of ether oxygens (including phenoxy) is 1. The second kappa shape index (κ2) is 5.31. The molecule has 1 aromatic rings. The van der Waals surface area contributed by atoms with Gasteiger partial charge in [0.2, 0.25) is 0 Å². The first-order valence-electron chi connectivity index (χ1n) is 7.11. The first-order chi connectivity index (χ1) is 9.22. The molecule has 1 atom stereocenters. The van der Waals surface area contributed by atoms with Crippen molar-refractivity contribution in [3.05, 3.63) is 28.8 Å². The topological polar surface area (TPSA) is 38.5 Å². The summed E-state index contributed by atoms with van der Waals surface area (Å²) in [6.45, 7) is 3.97. The predicted molar refractivity (Wildman–Crippen MR) is 77.9 cm³/mol. The molecule has 0 amide bonds. The van der Waals surface area contributed by atoms with Crippen molar-refractivity contribution in [1.82, 2.24) is 4.90 Å². The summed E-state index contributed by atoms with van der Waals surface area (Å²) in [4.78, 5) is 2.47. The van der Waals surface area contributed by atoms with E-state index in [1.165, 1.54) is 5.56 Å². The van der Waals surface area contributed by atoms with Crippen LogP contribution in [-0.4, -0.2) is 36.7 Å². The van der Waals surface area contributed by atoms with Crippen LogP contribution in [-0.2, 0) is 6.42 Å². The van der Waals surface area contributed by atoms with Crippen molar-refractivity contribution >= 4 is 11.6 Å². The summed E-state index contributed by atoms with van der Waals surface area (Å²) in [6.07, 6.45) is 4.33. The van der Waals surface area contributed by atoms with Gasteiger partial charge in [0.15, 0.2) is 0 Å². The van der Waals surface area contributed by atoms with Crippen molar-refractivity contribution in [3.8, 4) is 5.75 Å². The van der Waals surface area contributed by atoms with Crippen LogP contribution in [0.1, 0.15) is 24.8 Å². The van der Waals surface area contributed by atoms with Gasteiger partial charge in [-0.25, -0.2) is 0 Å². The molecule has 1 unspecified atom stereocenters. The number of likely N-dealkylation sites (tertiary alicyclic amines) is 1. The standard InChI is InChI=1S/C15H21ClN2O/c16-13-4-1-3-12-5-6-15(19-14(12)13)7-10-18(11-15)9-2-8-17/h1,3-4H,2,5-11,17H2. The highest BCUT2D eigenvalue weighted by Crippen LogP contribution is 2.42. The fraction of sp³-hybridized carbons (Fsp3) is 0.600. The Morgan fingerprint density at radius 1 is 1.37 bits per heavy atom. The van der Waals surface area contributed by atoms with E-state index < -0.39 is 0 Å². The summed E-state index contributed by atoms with van der Waals surface area (Å²) in [6, 6.07) is 6.04. The zero-order valence-electron chi connectivity index (χ0n) is 11.2. The van der Waals surface area contributed by atoms with Gasteiger partial charge in [0.1, 0.15) is 11.4 Å². The van der Waals surface area contributed by atoms with Gasteiger partial charge in [-0.3, -0.25) is 4.90 Å².